The van der Waals surface area contributed by atoms with Gasteiger partial charge in [-0.05, 0) is 25.1 Å². The SMILES string of the molecule is CC(Sc1nc(C(F)(F)F)nc2ccccc12)/C(O)=C(\C#N)c1nc2ccccc2[nH]1. The highest BCUT2D eigenvalue weighted by Gasteiger charge is 2.36. The van der Waals surface area contributed by atoms with E-state index in [1.807, 2.05) is 6.07 Å². The lowest BCUT2D eigenvalue weighted by molar-refractivity contribution is -0.145. The summed E-state index contributed by atoms with van der Waals surface area (Å²) in [6.45, 7) is 1.57. The van der Waals surface area contributed by atoms with E-state index in [-0.39, 0.29) is 27.7 Å². The largest absolute Gasteiger partial charge is 0.510 e. The molecular weight excluding hydrogens is 427 g/mol. The first-order valence-electron chi connectivity index (χ1n) is 9.07. The van der Waals surface area contributed by atoms with E-state index in [0.717, 1.165) is 11.8 Å². The van der Waals surface area contributed by atoms with Crippen LogP contribution in [0.4, 0.5) is 13.2 Å². The average molecular weight is 441 g/mol. The second kappa shape index (κ2) is 7.92. The van der Waals surface area contributed by atoms with Crippen molar-refractivity contribution in [2.45, 2.75) is 23.4 Å². The molecule has 10 heteroatoms. The molecule has 2 N–H and O–H groups in total. The number of nitriles is 1. The first kappa shape index (κ1) is 20.7. The second-order valence-corrected chi connectivity index (χ2v) is 7.93. The first-order valence-corrected chi connectivity index (χ1v) is 9.95. The van der Waals surface area contributed by atoms with Crippen LogP contribution in [-0.2, 0) is 6.18 Å². The first-order chi connectivity index (χ1) is 14.8. The lowest BCUT2D eigenvalue weighted by Gasteiger charge is -2.14. The van der Waals surface area contributed by atoms with Crippen LogP contribution < -0.4 is 0 Å². The van der Waals surface area contributed by atoms with Crippen LogP contribution in [-0.4, -0.2) is 30.3 Å². The van der Waals surface area contributed by atoms with Gasteiger partial charge in [-0.1, -0.05) is 42.1 Å². The normalized spacial score (nSPS) is 13.8. The molecule has 2 aromatic heterocycles. The number of allylic oxidation sites excluding steroid dienone is 1. The summed E-state index contributed by atoms with van der Waals surface area (Å²) in [4.78, 5) is 14.5. The quantitative estimate of drug-likeness (QED) is 0.188. The molecule has 0 saturated carbocycles. The van der Waals surface area contributed by atoms with Gasteiger partial charge in [-0.2, -0.15) is 18.4 Å². The van der Waals surface area contributed by atoms with Crippen molar-refractivity contribution in [1.29, 1.82) is 5.26 Å². The number of rotatable bonds is 4. The van der Waals surface area contributed by atoms with Crippen LogP contribution in [0.2, 0.25) is 0 Å². The Bertz CT molecular complexity index is 1320. The Morgan fingerprint density at radius 2 is 1.74 bits per heavy atom. The zero-order chi connectivity index (χ0) is 22.2. The van der Waals surface area contributed by atoms with Crippen LogP contribution in [0.5, 0.6) is 0 Å². The van der Waals surface area contributed by atoms with Crippen molar-refractivity contribution >= 4 is 39.3 Å². The number of fused-ring (bicyclic) bond motifs is 2. The molecule has 4 rings (SSSR count). The van der Waals surface area contributed by atoms with Crippen molar-refractivity contribution in [3.63, 3.8) is 0 Å². The fourth-order valence-corrected chi connectivity index (χ4v) is 4.00. The van der Waals surface area contributed by atoms with Crippen LogP contribution in [0.1, 0.15) is 18.6 Å². The third kappa shape index (κ3) is 4.04. The van der Waals surface area contributed by atoms with Gasteiger partial charge in [0, 0.05) is 5.39 Å². The van der Waals surface area contributed by atoms with Crippen molar-refractivity contribution in [2.75, 3.05) is 0 Å². The summed E-state index contributed by atoms with van der Waals surface area (Å²) >= 11 is 0.905. The van der Waals surface area contributed by atoms with E-state index >= 15 is 0 Å². The van der Waals surface area contributed by atoms with Crippen molar-refractivity contribution in [1.82, 2.24) is 19.9 Å². The highest BCUT2D eigenvalue weighted by Crippen LogP contribution is 2.36. The molecule has 6 nitrogen and oxygen atoms in total. The van der Waals surface area contributed by atoms with Gasteiger partial charge in [-0.25, -0.2) is 15.0 Å². The number of halogens is 3. The number of alkyl halides is 3. The Balaban J connectivity index is 1.75. The lowest BCUT2D eigenvalue weighted by atomic mass is 10.2. The van der Waals surface area contributed by atoms with E-state index in [0.29, 0.717) is 16.4 Å². The summed E-state index contributed by atoms with van der Waals surface area (Å²) in [5.41, 5.74) is 1.36. The van der Waals surface area contributed by atoms with Crippen molar-refractivity contribution < 1.29 is 18.3 Å². The number of H-pyrrole nitrogens is 1. The van der Waals surface area contributed by atoms with Gasteiger partial charge in [-0.15, -0.1) is 0 Å². The highest BCUT2D eigenvalue weighted by atomic mass is 32.2. The summed E-state index contributed by atoms with van der Waals surface area (Å²) in [6, 6.07) is 15.4. The molecule has 156 valence electrons. The molecule has 1 atom stereocenters. The molecule has 0 fully saturated rings. The lowest BCUT2D eigenvalue weighted by Crippen LogP contribution is -2.13. The van der Waals surface area contributed by atoms with Gasteiger partial charge in [0.1, 0.15) is 22.4 Å². The van der Waals surface area contributed by atoms with Crippen molar-refractivity contribution in [2.24, 2.45) is 0 Å². The summed E-state index contributed by atoms with van der Waals surface area (Å²) in [6.07, 6.45) is -4.72. The number of aliphatic hydroxyl groups excluding tert-OH is 1. The highest BCUT2D eigenvalue weighted by molar-refractivity contribution is 8.00. The smallest absolute Gasteiger partial charge is 0.451 e. The number of imidazole rings is 1. The molecular formula is C21H14F3N5OS. The number of thioether (sulfide) groups is 1. The van der Waals surface area contributed by atoms with E-state index in [2.05, 4.69) is 19.9 Å². The number of aliphatic hydroxyl groups is 1. The monoisotopic (exact) mass is 441 g/mol. The Morgan fingerprint density at radius 3 is 2.42 bits per heavy atom. The van der Waals surface area contributed by atoms with E-state index in [4.69, 9.17) is 0 Å². The molecule has 31 heavy (non-hydrogen) atoms. The third-order valence-corrected chi connectivity index (χ3v) is 5.60. The molecule has 2 heterocycles. The number of nitrogens with one attached hydrogen (secondary N) is 1. The number of nitrogens with zero attached hydrogens (tertiary/aromatic N) is 4. The molecule has 0 aliphatic rings. The van der Waals surface area contributed by atoms with Gasteiger partial charge in [0.2, 0.25) is 5.82 Å². The van der Waals surface area contributed by atoms with Crippen LogP contribution in [0.25, 0.3) is 27.5 Å². The van der Waals surface area contributed by atoms with E-state index in [9.17, 15) is 23.5 Å². The molecule has 0 saturated heterocycles. The summed E-state index contributed by atoms with van der Waals surface area (Å²) in [7, 11) is 0. The van der Waals surface area contributed by atoms with E-state index in [1.165, 1.54) is 6.07 Å². The molecule has 0 aliphatic carbocycles. The van der Waals surface area contributed by atoms with Gasteiger partial charge < -0.3 is 10.1 Å². The minimum atomic E-state index is -4.72. The molecule has 4 aromatic rings. The van der Waals surface area contributed by atoms with Crippen molar-refractivity contribution in [3.8, 4) is 6.07 Å². The molecule has 2 aromatic carbocycles. The van der Waals surface area contributed by atoms with Gasteiger partial charge in [-0.3, -0.25) is 0 Å². The Hall–Kier alpha value is -3.58. The van der Waals surface area contributed by atoms with Crippen LogP contribution in [0.3, 0.4) is 0 Å². The number of hydrogen-bond acceptors (Lipinski definition) is 6. The second-order valence-electron chi connectivity index (χ2n) is 6.60. The zero-order valence-corrected chi connectivity index (χ0v) is 16.8. The minimum absolute atomic E-state index is 0.0545. The number of aromatic nitrogens is 4. The summed E-state index contributed by atoms with van der Waals surface area (Å²) < 4.78 is 39.7. The fourth-order valence-electron chi connectivity index (χ4n) is 2.99. The maximum atomic E-state index is 13.2. The van der Waals surface area contributed by atoms with Crippen LogP contribution >= 0.6 is 11.8 Å². The van der Waals surface area contributed by atoms with Crippen LogP contribution in [0.15, 0.2) is 59.3 Å². The summed E-state index contributed by atoms with van der Waals surface area (Å²) in [5.74, 6) is -1.40. The molecule has 0 radical (unpaired) electrons. The topological polar surface area (TPSA) is 98.5 Å². The third-order valence-electron chi connectivity index (χ3n) is 4.49. The minimum Gasteiger partial charge on any atom is -0.510 e. The Kier molecular flexibility index (Phi) is 5.29. The zero-order valence-electron chi connectivity index (χ0n) is 16.0. The number of hydrogen-bond donors (Lipinski definition) is 2. The molecule has 0 amide bonds. The maximum Gasteiger partial charge on any atom is 0.451 e. The van der Waals surface area contributed by atoms with Gasteiger partial charge in [0.15, 0.2) is 5.82 Å². The number of benzene rings is 2. The molecule has 0 bridgehead atoms. The van der Waals surface area contributed by atoms with Crippen LogP contribution in [0, 0.1) is 11.3 Å². The molecule has 0 aliphatic heterocycles. The Labute approximate surface area is 178 Å². The maximum absolute atomic E-state index is 13.2. The fraction of sp³-hybridized carbons (Fsp3) is 0.143. The van der Waals surface area contributed by atoms with Crippen molar-refractivity contribution in [3.05, 3.63) is 65.9 Å². The predicted octanol–water partition coefficient (Wildman–Crippen LogP) is 5.50. The molecule has 0 spiro atoms. The molecule has 1 unspecified atom stereocenters. The Morgan fingerprint density at radius 1 is 1.06 bits per heavy atom. The van der Waals surface area contributed by atoms with Gasteiger partial charge in [0.25, 0.3) is 0 Å². The predicted molar refractivity (Wildman–Crippen MR) is 111 cm³/mol. The number of aromatic amines is 1. The standard InChI is InChI=1S/C21H14F3N5OS/c1-11(17(30)13(10-25)18-26-15-8-4-5-9-16(15)27-18)31-19-12-6-2-3-7-14(12)28-20(29-19)21(22,23)24/h2-9,11,30H,1H3,(H,26,27)/b17-13-. The van der Waals surface area contributed by atoms with E-state index in [1.54, 1.807) is 49.4 Å². The van der Waals surface area contributed by atoms with Gasteiger partial charge in [0.05, 0.1) is 21.8 Å². The average Bonchev–Trinajstić information content (AvgIpc) is 3.17. The van der Waals surface area contributed by atoms with Gasteiger partial charge >= 0.3 is 6.18 Å². The summed E-state index contributed by atoms with van der Waals surface area (Å²) in [5, 5.41) is 20.0. The number of para-hydroxylation sites is 3. The van der Waals surface area contributed by atoms with E-state index < -0.39 is 17.3 Å².